The molecule has 0 bridgehead atoms. The molecule has 1 saturated carbocycles. The standard InChI is InChI=1S/C17H22N2O/c1-16(2)14(17(16,3)4)11-19-15(20)9-12-5-7-13(10-18)8-6-12/h5-8,14H,9,11H2,1-4H3,(H,19,20). The van der Waals surface area contributed by atoms with Gasteiger partial charge >= 0.3 is 0 Å². The van der Waals surface area contributed by atoms with E-state index in [9.17, 15) is 4.79 Å². The molecule has 1 fully saturated rings. The second kappa shape index (κ2) is 4.94. The van der Waals surface area contributed by atoms with Crippen LogP contribution in [0.5, 0.6) is 0 Å². The van der Waals surface area contributed by atoms with Gasteiger partial charge in [0.1, 0.15) is 0 Å². The molecule has 1 amide bonds. The summed E-state index contributed by atoms with van der Waals surface area (Å²) in [6.07, 6.45) is 0.374. The van der Waals surface area contributed by atoms with Gasteiger partial charge in [-0.05, 0) is 34.4 Å². The van der Waals surface area contributed by atoms with Gasteiger partial charge in [-0.1, -0.05) is 39.8 Å². The van der Waals surface area contributed by atoms with E-state index < -0.39 is 0 Å². The van der Waals surface area contributed by atoms with E-state index in [1.807, 2.05) is 12.1 Å². The molecule has 106 valence electrons. The normalized spacial score (nSPS) is 19.1. The van der Waals surface area contributed by atoms with E-state index in [0.29, 0.717) is 28.7 Å². The number of hydrogen-bond donors (Lipinski definition) is 1. The lowest BCUT2D eigenvalue weighted by atomic mass is 10.0. The summed E-state index contributed by atoms with van der Waals surface area (Å²) in [6.45, 7) is 9.76. The van der Waals surface area contributed by atoms with Crippen LogP contribution in [0.25, 0.3) is 0 Å². The monoisotopic (exact) mass is 270 g/mol. The average molecular weight is 270 g/mol. The minimum Gasteiger partial charge on any atom is -0.355 e. The fourth-order valence-electron chi connectivity index (χ4n) is 3.00. The third kappa shape index (κ3) is 2.56. The number of nitrogens with zero attached hydrogens (tertiary/aromatic N) is 1. The van der Waals surface area contributed by atoms with Gasteiger partial charge in [-0.2, -0.15) is 5.26 Å². The van der Waals surface area contributed by atoms with Crippen LogP contribution >= 0.6 is 0 Å². The van der Waals surface area contributed by atoms with Crippen LogP contribution in [-0.4, -0.2) is 12.5 Å². The maximum Gasteiger partial charge on any atom is 0.224 e. The molecule has 0 aliphatic heterocycles. The lowest BCUT2D eigenvalue weighted by Crippen LogP contribution is -2.28. The van der Waals surface area contributed by atoms with E-state index in [-0.39, 0.29) is 5.91 Å². The van der Waals surface area contributed by atoms with Crippen molar-refractivity contribution in [1.82, 2.24) is 5.32 Å². The van der Waals surface area contributed by atoms with Crippen LogP contribution in [-0.2, 0) is 11.2 Å². The number of nitrogens with one attached hydrogen (secondary N) is 1. The van der Waals surface area contributed by atoms with Gasteiger partial charge in [0.05, 0.1) is 18.1 Å². The van der Waals surface area contributed by atoms with Gasteiger partial charge in [0.2, 0.25) is 5.91 Å². The summed E-state index contributed by atoms with van der Waals surface area (Å²) in [5, 5.41) is 11.8. The Labute approximate surface area is 121 Å². The quantitative estimate of drug-likeness (QED) is 0.914. The highest BCUT2D eigenvalue weighted by Crippen LogP contribution is 2.67. The highest BCUT2D eigenvalue weighted by atomic mass is 16.1. The Hall–Kier alpha value is -1.82. The average Bonchev–Trinajstić information content (AvgIpc) is 2.78. The highest BCUT2D eigenvalue weighted by Gasteiger charge is 2.64. The zero-order valence-electron chi connectivity index (χ0n) is 12.7. The lowest BCUT2D eigenvalue weighted by molar-refractivity contribution is -0.120. The Morgan fingerprint density at radius 2 is 1.75 bits per heavy atom. The Morgan fingerprint density at radius 3 is 2.20 bits per heavy atom. The predicted molar refractivity (Wildman–Crippen MR) is 78.9 cm³/mol. The van der Waals surface area contributed by atoms with Gasteiger partial charge in [0, 0.05) is 6.54 Å². The zero-order chi connectivity index (χ0) is 15.0. The summed E-state index contributed by atoms with van der Waals surface area (Å²) in [5.41, 5.74) is 2.16. The summed E-state index contributed by atoms with van der Waals surface area (Å²) in [4.78, 5) is 11.9. The molecule has 1 aromatic rings. The summed E-state index contributed by atoms with van der Waals surface area (Å²) in [6, 6.07) is 9.24. The second-order valence-corrected chi connectivity index (χ2v) is 6.79. The Balaban J connectivity index is 1.83. The van der Waals surface area contributed by atoms with Crippen molar-refractivity contribution in [3.8, 4) is 6.07 Å². The van der Waals surface area contributed by atoms with Crippen molar-refractivity contribution < 1.29 is 4.79 Å². The number of carbonyl (C=O) groups is 1. The van der Waals surface area contributed by atoms with Crippen LogP contribution < -0.4 is 5.32 Å². The Morgan fingerprint density at radius 1 is 1.20 bits per heavy atom. The van der Waals surface area contributed by atoms with Gasteiger partial charge in [0.15, 0.2) is 0 Å². The first-order chi connectivity index (χ1) is 9.29. The third-order valence-electron chi connectivity index (χ3n) is 5.27. The molecule has 0 saturated heterocycles. The number of amides is 1. The summed E-state index contributed by atoms with van der Waals surface area (Å²) in [5.74, 6) is 0.591. The molecule has 0 atom stereocenters. The summed E-state index contributed by atoms with van der Waals surface area (Å²) < 4.78 is 0. The number of carbonyl (C=O) groups excluding carboxylic acids is 1. The van der Waals surface area contributed by atoms with Crippen LogP contribution in [0.15, 0.2) is 24.3 Å². The molecular formula is C17H22N2O. The SMILES string of the molecule is CC1(C)C(CNC(=O)Cc2ccc(C#N)cc2)C1(C)C. The smallest absolute Gasteiger partial charge is 0.224 e. The van der Waals surface area contributed by atoms with Crippen LogP contribution in [0.3, 0.4) is 0 Å². The molecular weight excluding hydrogens is 248 g/mol. The first-order valence-corrected chi connectivity index (χ1v) is 7.05. The number of hydrogen-bond acceptors (Lipinski definition) is 2. The molecule has 0 spiro atoms. The molecule has 0 aromatic heterocycles. The number of nitriles is 1. The molecule has 2 rings (SSSR count). The van der Waals surface area contributed by atoms with Gasteiger partial charge in [-0.3, -0.25) is 4.79 Å². The maximum absolute atomic E-state index is 11.9. The third-order valence-corrected chi connectivity index (χ3v) is 5.27. The minimum absolute atomic E-state index is 0.0493. The van der Waals surface area contributed by atoms with E-state index in [4.69, 9.17) is 5.26 Å². The van der Waals surface area contributed by atoms with Gasteiger partial charge in [0.25, 0.3) is 0 Å². The molecule has 1 aliphatic carbocycles. The van der Waals surface area contributed by atoms with Crippen molar-refractivity contribution >= 4 is 5.91 Å². The van der Waals surface area contributed by atoms with Crippen molar-refractivity contribution in [3.05, 3.63) is 35.4 Å². The first kappa shape index (κ1) is 14.6. The molecule has 3 nitrogen and oxygen atoms in total. The Kier molecular flexibility index (Phi) is 3.60. The highest BCUT2D eigenvalue weighted by molar-refractivity contribution is 5.78. The van der Waals surface area contributed by atoms with Gasteiger partial charge in [-0.15, -0.1) is 0 Å². The zero-order valence-corrected chi connectivity index (χ0v) is 12.7. The molecule has 3 heteroatoms. The van der Waals surface area contributed by atoms with E-state index >= 15 is 0 Å². The van der Waals surface area contributed by atoms with E-state index in [2.05, 4.69) is 39.1 Å². The van der Waals surface area contributed by atoms with Crippen molar-refractivity contribution in [1.29, 1.82) is 5.26 Å². The molecule has 0 heterocycles. The Bertz CT molecular complexity index is 535. The van der Waals surface area contributed by atoms with Crippen molar-refractivity contribution in [2.24, 2.45) is 16.7 Å². The van der Waals surface area contributed by atoms with E-state index in [1.54, 1.807) is 12.1 Å². The number of benzene rings is 1. The fraction of sp³-hybridized carbons (Fsp3) is 0.529. The van der Waals surface area contributed by atoms with Gasteiger partial charge < -0.3 is 5.32 Å². The van der Waals surface area contributed by atoms with Crippen LogP contribution in [0, 0.1) is 28.1 Å². The second-order valence-electron chi connectivity index (χ2n) is 6.79. The van der Waals surface area contributed by atoms with Crippen molar-refractivity contribution in [2.75, 3.05) is 6.54 Å². The molecule has 0 radical (unpaired) electrons. The van der Waals surface area contributed by atoms with E-state index in [0.717, 1.165) is 12.1 Å². The van der Waals surface area contributed by atoms with Crippen LogP contribution in [0.4, 0.5) is 0 Å². The first-order valence-electron chi connectivity index (χ1n) is 7.05. The topological polar surface area (TPSA) is 52.9 Å². The maximum atomic E-state index is 11.9. The largest absolute Gasteiger partial charge is 0.355 e. The van der Waals surface area contributed by atoms with Gasteiger partial charge in [-0.25, -0.2) is 0 Å². The molecule has 1 N–H and O–H groups in total. The number of rotatable bonds is 4. The van der Waals surface area contributed by atoms with Crippen molar-refractivity contribution in [2.45, 2.75) is 34.1 Å². The fourth-order valence-corrected chi connectivity index (χ4v) is 3.00. The molecule has 1 aromatic carbocycles. The molecule has 20 heavy (non-hydrogen) atoms. The lowest BCUT2D eigenvalue weighted by Gasteiger charge is -2.06. The molecule has 0 unspecified atom stereocenters. The van der Waals surface area contributed by atoms with Crippen LogP contribution in [0.1, 0.15) is 38.8 Å². The van der Waals surface area contributed by atoms with Crippen LogP contribution in [0.2, 0.25) is 0 Å². The van der Waals surface area contributed by atoms with E-state index in [1.165, 1.54) is 0 Å². The van der Waals surface area contributed by atoms with Crippen molar-refractivity contribution in [3.63, 3.8) is 0 Å². The summed E-state index contributed by atoms with van der Waals surface area (Å²) >= 11 is 0. The minimum atomic E-state index is 0.0493. The predicted octanol–water partition coefficient (Wildman–Crippen LogP) is 2.90. The summed E-state index contributed by atoms with van der Waals surface area (Å²) in [7, 11) is 0. The molecule has 1 aliphatic rings.